The molecule has 0 aliphatic heterocycles. The number of hydrogen-bond donors (Lipinski definition) is 2. The molecule has 0 fully saturated rings. The summed E-state index contributed by atoms with van der Waals surface area (Å²) < 4.78 is 32.9. The molecule has 0 aliphatic rings. The van der Waals surface area contributed by atoms with E-state index in [1.54, 1.807) is 25.1 Å². The van der Waals surface area contributed by atoms with E-state index in [0.717, 1.165) is 12.8 Å². The first-order chi connectivity index (χ1) is 12.9. The quantitative estimate of drug-likeness (QED) is 0.610. The van der Waals surface area contributed by atoms with Crippen molar-refractivity contribution in [3.63, 3.8) is 0 Å². The SMILES string of the molecule is CCCCNS(=O)(=O)c1ccc(OCC)c(NC(=O)c2cccc(Cl)c2)c1. The van der Waals surface area contributed by atoms with Crippen LogP contribution in [0.3, 0.4) is 0 Å². The van der Waals surface area contributed by atoms with Gasteiger partial charge in [0.05, 0.1) is 17.2 Å². The van der Waals surface area contributed by atoms with E-state index in [1.165, 1.54) is 24.3 Å². The zero-order valence-corrected chi connectivity index (χ0v) is 16.9. The van der Waals surface area contributed by atoms with Gasteiger partial charge in [0.15, 0.2) is 0 Å². The van der Waals surface area contributed by atoms with Gasteiger partial charge in [0.25, 0.3) is 5.91 Å². The third-order valence-corrected chi connectivity index (χ3v) is 5.41. The van der Waals surface area contributed by atoms with E-state index in [2.05, 4.69) is 10.0 Å². The Labute approximate surface area is 164 Å². The van der Waals surface area contributed by atoms with E-state index < -0.39 is 15.9 Å². The number of benzene rings is 2. The summed E-state index contributed by atoms with van der Waals surface area (Å²) in [4.78, 5) is 12.6. The Morgan fingerprint density at radius 2 is 1.93 bits per heavy atom. The molecular formula is C19H23ClN2O4S. The maximum Gasteiger partial charge on any atom is 0.255 e. The molecule has 0 unspecified atom stereocenters. The first kappa shape index (κ1) is 21.2. The Hall–Kier alpha value is -2.09. The maximum absolute atomic E-state index is 12.5. The Morgan fingerprint density at radius 3 is 2.59 bits per heavy atom. The number of carbonyl (C=O) groups excluding carboxylic acids is 1. The van der Waals surface area contributed by atoms with E-state index in [9.17, 15) is 13.2 Å². The average molecular weight is 411 g/mol. The summed E-state index contributed by atoms with van der Waals surface area (Å²) in [6.07, 6.45) is 1.63. The van der Waals surface area contributed by atoms with Crippen molar-refractivity contribution >= 4 is 33.2 Å². The fourth-order valence-corrected chi connectivity index (χ4v) is 3.64. The molecule has 2 rings (SSSR count). The van der Waals surface area contributed by atoms with Gasteiger partial charge in [-0.3, -0.25) is 4.79 Å². The highest BCUT2D eigenvalue weighted by atomic mass is 35.5. The summed E-state index contributed by atoms with van der Waals surface area (Å²) >= 11 is 5.93. The molecule has 6 nitrogen and oxygen atoms in total. The normalized spacial score (nSPS) is 11.2. The van der Waals surface area contributed by atoms with Crippen molar-refractivity contribution in [1.29, 1.82) is 0 Å². The molecule has 0 atom stereocenters. The van der Waals surface area contributed by atoms with Crippen molar-refractivity contribution in [2.75, 3.05) is 18.5 Å². The first-order valence-corrected chi connectivity index (χ1v) is 10.6. The largest absolute Gasteiger partial charge is 0.492 e. The Morgan fingerprint density at radius 1 is 1.15 bits per heavy atom. The van der Waals surface area contributed by atoms with Gasteiger partial charge >= 0.3 is 0 Å². The van der Waals surface area contributed by atoms with E-state index in [1.807, 2.05) is 6.92 Å². The fraction of sp³-hybridized carbons (Fsp3) is 0.316. The van der Waals surface area contributed by atoms with Crippen molar-refractivity contribution in [2.24, 2.45) is 0 Å². The average Bonchev–Trinajstić information content (AvgIpc) is 2.63. The number of hydrogen-bond acceptors (Lipinski definition) is 4. The van der Waals surface area contributed by atoms with Crippen molar-refractivity contribution in [3.8, 4) is 5.75 Å². The molecule has 2 N–H and O–H groups in total. The lowest BCUT2D eigenvalue weighted by atomic mass is 10.2. The van der Waals surface area contributed by atoms with Crippen LogP contribution >= 0.6 is 11.6 Å². The van der Waals surface area contributed by atoms with Gasteiger partial charge in [-0.1, -0.05) is 31.0 Å². The molecule has 1 amide bonds. The molecule has 0 aromatic heterocycles. The van der Waals surface area contributed by atoms with Crippen LogP contribution in [0.5, 0.6) is 5.75 Å². The molecule has 0 radical (unpaired) electrons. The Kier molecular flexibility index (Phi) is 7.65. The van der Waals surface area contributed by atoms with Gasteiger partial charge in [-0.25, -0.2) is 13.1 Å². The third-order valence-electron chi connectivity index (χ3n) is 3.72. The highest BCUT2D eigenvalue weighted by Gasteiger charge is 2.18. The van der Waals surface area contributed by atoms with Crippen LogP contribution in [0.15, 0.2) is 47.4 Å². The van der Waals surface area contributed by atoms with Crippen molar-refractivity contribution < 1.29 is 17.9 Å². The van der Waals surface area contributed by atoms with Gasteiger partial charge in [-0.2, -0.15) is 0 Å². The smallest absolute Gasteiger partial charge is 0.255 e. The second kappa shape index (κ2) is 9.73. The predicted octanol–water partition coefficient (Wildman–Crippen LogP) is 4.07. The molecule has 27 heavy (non-hydrogen) atoms. The lowest BCUT2D eigenvalue weighted by Crippen LogP contribution is -2.25. The van der Waals surface area contributed by atoms with Crippen LogP contribution in [0.2, 0.25) is 5.02 Å². The van der Waals surface area contributed by atoms with Crippen molar-refractivity contribution in [1.82, 2.24) is 4.72 Å². The minimum absolute atomic E-state index is 0.0588. The predicted molar refractivity (Wildman–Crippen MR) is 107 cm³/mol. The molecule has 8 heteroatoms. The number of sulfonamides is 1. The minimum Gasteiger partial charge on any atom is -0.492 e. The molecule has 0 saturated carbocycles. The van der Waals surface area contributed by atoms with Crippen LogP contribution in [-0.2, 0) is 10.0 Å². The standard InChI is InChI=1S/C19H23ClN2O4S/c1-3-5-11-21-27(24,25)16-9-10-18(26-4-2)17(13-16)22-19(23)14-7-6-8-15(20)12-14/h6-10,12-13,21H,3-5,11H2,1-2H3,(H,22,23). The number of anilines is 1. The molecule has 0 heterocycles. The Bertz CT molecular complexity index is 900. The van der Waals surface area contributed by atoms with Gasteiger partial charge in [-0.15, -0.1) is 0 Å². The van der Waals surface area contributed by atoms with Gasteiger partial charge in [0.1, 0.15) is 5.75 Å². The summed E-state index contributed by atoms with van der Waals surface area (Å²) in [7, 11) is -3.67. The number of halogens is 1. The van der Waals surface area contributed by atoms with Crippen molar-refractivity contribution in [2.45, 2.75) is 31.6 Å². The highest BCUT2D eigenvalue weighted by Crippen LogP contribution is 2.28. The molecule has 2 aromatic rings. The molecular weight excluding hydrogens is 388 g/mol. The summed E-state index contributed by atoms with van der Waals surface area (Å²) in [5.41, 5.74) is 0.638. The van der Waals surface area contributed by atoms with Crippen LogP contribution in [0.25, 0.3) is 0 Å². The lowest BCUT2D eigenvalue weighted by Gasteiger charge is -2.14. The van der Waals surface area contributed by atoms with Gasteiger partial charge in [-0.05, 0) is 49.7 Å². The minimum atomic E-state index is -3.67. The fourth-order valence-electron chi connectivity index (χ4n) is 2.35. The van der Waals surface area contributed by atoms with Gasteiger partial charge in [0, 0.05) is 17.1 Å². The van der Waals surface area contributed by atoms with Gasteiger partial charge < -0.3 is 10.1 Å². The van der Waals surface area contributed by atoms with E-state index in [0.29, 0.717) is 29.5 Å². The lowest BCUT2D eigenvalue weighted by molar-refractivity contribution is 0.102. The topological polar surface area (TPSA) is 84.5 Å². The molecule has 2 aromatic carbocycles. The summed E-state index contributed by atoms with van der Waals surface area (Å²) in [6.45, 7) is 4.52. The summed E-state index contributed by atoms with van der Waals surface area (Å²) in [5, 5.41) is 3.14. The Balaban J connectivity index is 2.31. The van der Waals surface area contributed by atoms with Gasteiger partial charge in [0.2, 0.25) is 10.0 Å². The van der Waals surface area contributed by atoms with Crippen LogP contribution in [0.4, 0.5) is 5.69 Å². The van der Waals surface area contributed by atoms with E-state index in [-0.39, 0.29) is 10.6 Å². The molecule has 0 saturated heterocycles. The molecule has 0 spiro atoms. The van der Waals surface area contributed by atoms with Crippen LogP contribution in [0, 0.1) is 0 Å². The molecule has 0 aliphatic carbocycles. The second-order valence-corrected chi connectivity index (χ2v) is 8.01. The molecule has 0 bridgehead atoms. The number of nitrogens with one attached hydrogen (secondary N) is 2. The van der Waals surface area contributed by atoms with E-state index >= 15 is 0 Å². The van der Waals surface area contributed by atoms with Crippen molar-refractivity contribution in [3.05, 3.63) is 53.1 Å². The summed E-state index contributed by atoms with van der Waals surface area (Å²) in [6, 6.07) is 10.9. The number of unbranched alkanes of at least 4 members (excludes halogenated alkanes) is 1. The monoisotopic (exact) mass is 410 g/mol. The van der Waals surface area contributed by atoms with Crippen LogP contribution < -0.4 is 14.8 Å². The maximum atomic E-state index is 12.5. The summed E-state index contributed by atoms with van der Waals surface area (Å²) in [5.74, 6) is -0.0210. The van der Waals surface area contributed by atoms with E-state index in [4.69, 9.17) is 16.3 Å². The van der Waals surface area contributed by atoms with Crippen LogP contribution in [0.1, 0.15) is 37.0 Å². The number of rotatable bonds is 9. The number of carbonyl (C=O) groups is 1. The number of ether oxygens (including phenoxy) is 1. The zero-order chi connectivity index (χ0) is 19.9. The number of amides is 1. The second-order valence-electron chi connectivity index (χ2n) is 5.81. The zero-order valence-electron chi connectivity index (χ0n) is 15.3. The molecule has 146 valence electrons. The third kappa shape index (κ3) is 5.95. The van der Waals surface area contributed by atoms with Crippen LogP contribution in [-0.4, -0.2) is 27.5 Å². The first-order valence-electron chi connectivity index (χ1n) is 8.70. The highest BCUT2D eigenvalue weighted by molar-refractivity contribution is 7.89.